The summed E-state index contributed by atoms with van der Waals surface area (Å²) in [6, 6.07) is 0. The van der Waals surface area contributed by atoms with Crippen LogP contribution in [0.5, 0.6) is 0 Å². The monoisotopic (exact) mass is 270 g/mol. The maximum Gasteiger partial charge on any atom is 0.242 e. The van der Waals surface area contributed by atoms with Gasteiger partial charge in [-0.3, -0.25) is 9.59 Å². The van der Waals surface area contributed by atoms with Gasteiger partial charge < -0.3 is 15.0 Å². The molecule has 19 heavy (non-hydrogen) atoms. The largest absolute Gasteiger partial charge is 0.377 e. The van der Waals surface area contributed by atoms with Crippen LogP contribution in [0, 0.1) is 5.41 Å². The van der Waals surface area contributed by atoms with E-state index >= 15 is 0 Å². The van der Waals surface area contributed by atoms with E-state index in [0.29, 0.717) is 26.2 Å². The molecule has 0 aliphatic carbocycles. The summed E-state index contributed by atoms with van der Waals surface area (Å²) in [5, 5.41) is 2.70. The lowest BCUT2D eigenvalue weighted by molar-refractivity contribution is -0.146. The molecule has 5 heteroatoms. The van der Waals surface area contributed by atoms with Crippen LogP contribution in [0.4, 0.5) is 0 Å². The molecule has 0 unspecified atom stereocenters. The minimum Gasteiger partial charge on any atom is -0.377 e. The van der Waals surface area contributed by atoms with Crippen LogP contribution in [0.1, 0.15) is 41.0 Å². The first kappa shape index (κ1) is 16.0. The van der Waals surface area contributed by atoms with E-state index in [1.807, 2.05) is 34.6 Å². The zero-order chi connectivity index (χ0) is 14.7. The van der Waals surface area contributed by atoms with Gasteiger partial charge in [-0.25, -0.2) is 0 Å². The summed E-state index contributed by atoms with van der Waals surface area (Å²) >= 11 is 0. The van der Waals surface area contributed by atoms with Gasteiger partial charge in [-0.2, -0.15) is 0 Å². The van der Waals surface area contributed by atoms with Crippen molar-refractivity contribution >= 4 is 11.8 Å². The third-order valence-electron chi connectivity index (χ3n) is 3.07. The number of carbonyl (C=O) groups is 2. The van der Waals surface area contributed by atoms with Gasteiger partial charge in [0.2, 0.25) is 11.8 Å². The Morgan fingerprint density at radius 1 is 1.32 bits per heavy atom. The molecule has 0 spiro atoms. The van der Waals surface area contributed by atoms with Crippen molar-refractivity contribution in [3.63, 3.8) is 0 Å². The van der Waals surface area contributed by atoms with E-state index in [1.54, 1.807) is 4.90 Å². The number of amides is 2. The van der Waals surface area contributed by atoms with E-state index in [0.717, 1.165) is 0 Å². The van der Waals surface area contributed by atoms with Crippen molar-refractivity contribution in [1.82, 2.24) is 10.2 Å². The fraction of sp³-hybridized carbons (Fsp3) is 0.857. The van der Waals surface area contributed by atoms with Crippen molar-refractivity contribution in [2.45, 2.75) is 46.6 Å². The summed E-state index contributed by atoms with van der Waals surface area (Å²) in [7, 11) is 0. The zero-order valence-corrected chi connectivity index (χ0v) is 12.7. The predicted octanol–water partition coefficient (Wildman–Crippen LogP) is 1.18. The average Bonchev–Trinajstić information content (AvgIpc) is 2.23. The van der Waals surface area contributed by atoms with Crippen LogP contribution < -0.4 is 5.32 Å². The molecule has 0 aromatic heterocycles. The lowest BCUT2D eigenvalue weighted by atomic mass is 9.92. The van der Waals surface area contributed by atoms with Crippen molar-refractivity contribution in [2.24, 2.45) is 5.41 Å². The van der Waals surface area contributed by atoms with Crippen LogP contribution in [0.15, 0.2) is 0 Å². The molecule has 0 saturated carbocycles. The molecule has 1 aliphatic heterocycles. The number of hydrogen-bond donors (Lipinski definition) is 1. The van der Waals surface area contributed by atoms with E-state index in [1.165, 1.54) is 0 Å². The Bertz CT molecular complexity index is 345. The zero-order valence-electron chi connectivity index (χ0n) is 12.7. The van der Waals surface area contributed by atoms with Crippen LogP contribution >= 0.6 is 0 Å². The minimum atomic E-state index is -0.301. The SMILES string of the molecule is CC(C)(C)CC(=O)NCC(=O)N1CCOCC1(C)C. The quantitative estimate of drug-likeness (QED) is 0.837. The molecule has 0 aromatic carbocycles. The maximum atomic E-state index is 12.1. The summed E-state index contributed by atoms with van der Waals surface area (Å²) in [6.07, 6.45) is 0.423. The van der Waals surface area contributed by atoms with Crippen molar-refractivity contribution in [3.8, 4) is 0 Å². The van der Waals surface area contributed by atoms with Gasteiger partial charge in [0.15, 0.2) is 0 Å². The lowest BCUT2D eigenvalue weighted by Crippen LogP contribution is -2.57. The van der Waals surface area contributed by atoms with Gasteiger partial charge in [-0.05, 0) is 19.3 Å². The number of nitrogens with zero attached hydrogens (tertiary/aromatic N) is 1. The van der Waals surface area contributed by atoms with Crippen molar-refractivity contribution < 1.29 is 14.3 Å². The minimum absolute atomic E-state index is 0.0458. The smallest absolute Gasteiger partial charge is 0.242 e. The number of carbonyl (C=O) groups excluding carboxylic acids is 2. The Kier molecular flexibility index (Phi) is 4.96. The average molecular weight is 270 g/mol. The van der Waals surface area contributed by atoms with E-state index in [9.17, 15) is 9.59 Å². The summed E-state index contributed by atoms with van der Waals surface area (Å²) in [5.41, 5.74) is -0.366. The molecule has 2 amide bonds. The van der Waals surface area contributed by atoms with Crippen LogP contribution in [-0.4, -0.2) is 48.6 Å². The number of nitrogens with one attached hydrogen (secondary N) is 1. The first-order valence-corrected chi connectivity index (χ1v) is 6.77. The molecule has 0 atom stereocenters. The van der Waals surface area contributed by atoms with Crippen LogP contribution in [0.2, 0.25) is 0 Å². The van der Waals surface area contributed by atoms with Crippen molar-refractivity contribution in [3.05, 3.63) is 0 Å². The fourth-order valence-corrected chi connectivity index (χ4v) is 2.13. The Balaban J connectivity index is 2.45. The number of hydrogen-bond acceptors (Lipinski definition) is 3. The van der Waals surface area contributed by atoms with Crippen LogP contribution in [0.25, 0.3) is 0 Å². The summed E-state index contributed by atoms with van der Waals surface area (Å²) in [6.45, 7) is 11.7. The Morgan fingerprint density at radius 3 is 2.47 bits per heavy atom. The highest BCUT2D eigenvalue weighted by Gasteiger charge is 2.33. The fourth-order valence-electron chi connectivity index (χ4n) is 2.13. The molecule has 5 nitrogen and oxygen atoms in total. The lowest BCUT2D eigenvalue weighted by Gasteiger charge is -2.42. The molecular formula is C14H26N2O3. The molecule has 0 radical (unpaired) electrons. The molecule has 1 saturated heterocycles. The maximum absolute atomic E-state index is 12.1. The molecule has 1 heterocycles. The Morgan fingerprint density at radius 2 is 1.95 bits per heavy atom. The highest BCUT2D eigenvalue weighted by atomic mass is 16.5. The molecule has 110 valence electrons. The third kappa shape index (κ3) is 5.19. The second-order valence-corrected chi connectivity index (χ2v) is 6.92. The number of ether oxygens (including phenoxy) is 1. The Hall–Kier alpha value is -1.10. The van der Waals surface area contributed by atoms with Gasteiger partial charge in [-0.15, -0.1) is 0 Å². The molecule has 1 fully saturated rings. The van der Waals surface area contributed by atoms with Gasteiger partial charge in [-0.1, -0.05) is 20.8 Å². The second-order valence-electron chi connectivity index (χ2n) is 6.92. The Labute approximate surface area is 115 Å². The molecule has 0 aromatic rings. The highest BCUT2D eigenvalue weighted by molar-refractivity contribution is 5.85. The van der Waals surface area contributed by atoms with Gasteiger partial charge >= 0.3 is 0 Å². The van der Waals surface area contributed by atoms with E-state index in [4.69, 9.17) is 4.74 Å². The summed E-state index contributed by atoms with van der Waals surface area (Å²) in [5.74, 6) is -0.123. The third-order valence-corrected chi connectivity index (χ3v) is 3.07. The van der Waals surface area contributed by atoms with E-state index in [-0.39, 0.29) is 29.3 Å². The first-order chi connectivity index (χ1) is 8.62. The van der Waals surface area contributed by atoms with Gasteiger partial charge in [0.1, 0.15) is 0 Å². The van der Waals surface area contributed by atoms with Crippen molar-refractivity contribution in [1.29, 1.82) is 0 Å². The predicted molar refractivity (Wildman–Crippen MR) is 73.7 cm³/mol. The second kappa shape index (κ2) is 5.90. The first-order valence-electron chi connectivity index (χ1n) is 6.77. The molecule has 1 N–H and O–H groups in total. The van der Waals surface area contributed by atoms with Crippen LogP contribution in [0.3, 0.4) is 0 Å². The van der Waals surface area contributed by atoms with Gasteiger partial charge in [0, 0.05) is 13.0 Å². The molecule has 1 aliphatic rings. The van der Waals surface area contributed by atoms with Crippen molar-refractivity contribution in [2.75, 3.05) is 26.3 Å². The van der Waals surface area contributed by atoms with E-state index in [2.05, 4.69) is 5.32 Å². The van der Waals surface area contributed by atoms with E-state index < -0.39 is 0 Å². The molecular weight excluding hydrogens is 244 g/mol. The van der Waals surface area contributed by atoms with Gasteiger partial charge in [0.05, 0.1) is 25.3 Å². The number of rotatable bonds is 3. The number of morpholine rings is 1. The topological polar surface area (TPSA) is 58.6 Å². The molecule has 1 rings (SSSR count). The summed E-state index contributed by atoms with van der Waals surface area (Å²) in [4.78, 5) is 25.6. The highest BCUT2D eigenvalue weighted by Crippen LogP contribution is 2.19. The summed E-state index contributed by atoms with van der Waals surface area (Å²) < 4.78 is 5.38. The normalized spacial score (nSPS) is 19.1. The molecule has 0 bridgehead atoms. The van der Waals surface area contributed by atoms with Gasteiger partial charge in [0.25, 0.3) is 0 Å². The standard InChI is InChI=1S/C14H26N2O3/c1-13(2,3)8-11(17)15-9-12(18)16-6-7-19-10-14(16,4)5/h6-10H2,1-5H3,(H,15,17). The van der Waals surface area contributed by atoms with Crippen LogP contribution in [-0.2, 0) is 14.3 Å².